The highest BCUT2D eigenvalue weighted by molar-refractivity contribution is 7.80. The van der Waals surface area contributed by atoms with Crippen molar-refractivity contribution in [1.82, 2.24) is 9.88 Å². The smallest absolute Gasteiger partial charge is 0.185 e. The average molecular weight is 300 g/mol. The van der Waals surface area contributed by atoms with Crippen molar-refractivity contribution in [3.63, 3.8) is 0 Å². The summed E-state index contributed by atoms with van der Waals surface area (Å²) < 4.78 is 0. The number of thiazole rings is 1. The molecule has 0 amide bonds. The van der Waals surface area contributed by atoms with Crippen LogP contribution in [0.5, 0.6) is 0 Å². The minimum Gasteiger partial charge on any atom is -0.346 e. The van der Waals surface area contributed by atoms with E-state index in [2.05, 4.69) is 46.6 Å². The summed E-state index contributed by atoms with van der Waals surface area (Å²) in [6.07, 6.45) is 4.34. The number of thiol groups is 1. The molecule has 1 aliphatic heterocycles. The fraction of sp³-hybridized carbons (Fsp3) is 0.786. The van der Waals surface area contributed by atoms with E-state index in [1.807, 2.05) is 6.20 Å². The maximum absolute atomic E-state index is 4.58. The van der Waals surface area contributed by atoms with Gasteiger partial charge < -0.3 is 4.90 Å². The third kappa shape index (κ3) is 3.64. The van der Waals surface area contributed by atoms with Crippen molar-refractivity contribution in [3.05, 3.63) is 11.6 Å². The molecule has 0 bridgehead atoms. The van der Waals surface area contributed by atoms with Gasteiger partial charge in [-0.05, 0) is 24.0 Å². The van der Waals surface area contributed by atoms with E-state index in [0.717, 1.165) is 31.9 Å². The minimum absolute atomic E-state index is 0.395. The number of nitrogens with zero attached hydrogens (tertiary/aromatic N) is 3. The van der Waals surface area contributed by atoms with Crippen molar-refractivity contribution in [1.29, 1.82) is 0 Å². The van der Waals surface area contributed by atoms with Crippen LogP contribution in [0.25, 0.3) is 0 Å². The van der Waals surface area contributed by atoms with Crippen LogP contribution in [0.3, 0.4) is 0 Å². The zero-order valence-electron chi connectivity index (χ0n) is 12.0. The van der Waals surface area contributed by atoms with E-state index >= 15 is 0 Å². The third-order valence-electron chi connectivity index (χ3n) is 4.46. The molecule has 5 heteroatoms. The summed E-state index contributed by atoms with van der Waals surface area (Å²) in [7, 11) is 0. The topological polar surface area (TPSA) is 19.4 Å². The lowest BCUT2D eigenvalue weighted by Gasteiger charge is -2.40. The Hall–Kier alpha value is -0.260. The minimum atomic E-state index is 0.395. The maximum Gasteiger partial charge on any atom is 0.185 e. The summed E-state index contributed by atoms with van der Waals surface area (Å²) >= 11 is 6.32. The largest absolute Gasteiger partial charge is 0.346 e. The van der Waals surface area contributed by atoms with Crippen LogP contribution in [-0.4, -0.2) is 48.4 Å². The maximum atomic E-state index is 4.58. The number of aromatic nitrogens is 1. The first-order valence-corrected chi connectivity index (χ1v) is 8.72. The van der Waals surface area contributed by atoms with Crippen LogP contribution in [0.2, 0.25) is 0 Å². The predicted molar refractivity (Wildman–Crippen MR) is 87.6 cm³/mol. The monoisotopic (exact) mass is 299 g/mol. The van der Waals surface area contributed by atoms with Crippen LogP contribution in [-0.2, 0) is 0 Å². The van der Waals surface area contributed by atoms with E-state index in [0.29, 0.717) is 5.41 Å². The van der Waals surface area contributed by atoms with Gasteiger partial charge in [-0.25, -0.2) is 4.98 Å². The Morgan fingerprint density at radius 2 is 1.95 bits per heavy atom. The lowest BCUT2D eigenvalue weighted by atomic mass is 9.83. The van der Waals surface area contributed by atoms with Gasteiger partial charge in [-0.2, -0.15) is 12.6 Å². The summed E-state index contributed by atoms with van der Waals surface area (Å²) in [4.78, 5) is 9.41. The lowest BCUT2D eigenvalue weighted by molar-refractivity contribution is 0.151. The molecule has 0 N–H and O–H groups in total. The Morgan fingerprint density at radius 3 is 2.42 bits per heavy atom. The summed E-state index contributed by atoms with van der Waals surface area (Å²) in [5.41, 5.74) is 0.395. The summed E-state index contributed by atoms with van der Waals surface area (Å²) in [5.74, 6) is 0.993. The van der Waals surface area contributed by atoms with Crippen LogP contribution < -0.4 is 4.90 Å². The Bertz CT molecular complexity index is 347. The molecular formula is C14H25N3S2. The first-order valence-electron chi connectivity index (χ1n) is 7.20. The van der Waals surface area contributed by atoms with Crippen molar-refractivity contribution in [3.8, 4) is 0 Å². The predicted octanol–water partition coefficient (Wildman–Crippen LogP) is 3.00. The number of hydrogen-bond donors (Lipinski definition) is 1. The van der Waals surface area contributed by atoms with E-state index in [9.17, 15) is 0 Å². The van der Waals surface area contributed by atoms with E-state index in [1.165, 1.54) is 24.5 Å². The van der Waals surface area contributed by atoms with Crippen molar-refractivity contribution >= 4 is 29.1 Å². The quantitative estimate of drug-likeness (QED) is 0.815. The fourth-order valence-corrected chi connectivity index (χ4v) is 3.93. The van der Waals surface area contributed by atoms with Gasteiger partial charge in [-0.15, -0.1) is 11.3 Å². The molecule has 19 heavy (non-hydrogen) atoms. The molecule has 1 saturated heterocycles. The van der Waals surface area contributed by atoms with Crippen LogP contribution >= 0.6 is 24.0 Å². The summed E-state index contributed by atoms with van der Waals surface area (Å²) in [5, 5.41) is 3.23. The van der Waals surface area contributed by atoms with Gasteiger partial charge >= 0.3 is 0 Å². The molecule has 1 fully saturated rings. The summed E-state index contributed by atoms with van der Waals surface area (Å²) in [6, 6.07) is 0. The highest BCUT2D eigenvalue weighted by Crippen LogP contribution is 2.29. The molecule has 1 aromatic rings. The zero-order valence-corrected chi connectivity index (χ0v) is 13.7. The van der Waals surface area contributed by atoms with Crippen LogP contribution in [0, 0.1) is 5.41 Å². The molecule has 0 atom stereocenters. The molecule has 0 aliphatic carbocycles. The number of anilines is 1. The van der Waals surface area contributed by atoms with Crippen LogP contribution in [0.4, 0.5) is 5.13 Å². The Labute approximate surface area is 126 Å². The average Bonchev–Trinajstić information content (AvgIpc) is 3.00. The van der Waals surface area contributed by atoms with Gasteiger partial charge in [0.05, 0.1) is 0 Å². The summed E-state index contributed by atoms with van der Waals surface area (Å²) in [6.45, 7) is 10.3. The molecule has 0 spiro atoms. The normalized spacial score (nSPS) is 17.9. The highest BCUT2D eigenvalue weighted by Gasteiger charge is 2.29. The molecule has 2 heterocycles. The lowest BCUT2D eigenvalue weighted by Crippen LogP contribution is -2.50. The van der Waals surface area contributed by atoms with Gasteiger partial charge in [0.1, 0.15) is 0 Å². The van der Waals surface area contributed by atoms with E-state index in [-0.39, 0.29) is 0 Å². The van der Waals surface area contributed by atoms with Crippen LogP contribution in [0.15, 0.2) is 11.6 Å². The standard InChI is InChI=1S/C14H25N3S2/c1-3-14(4-2,12-18)11-16-6-8-17(9-7-16)13-15-5-10-19-13/h5,10,18H,3-4,6-9,11-12H2,1-2H3. The molecule has 2 rings (SSSR count). The molecule has 3 nitrogen and oxygen atoms in total. The number of piperazine rings is 1. The molecule has 0 aromatic carbocycles. The molecule has 0 radical (unpaired) electrons. The van der Waals surface area contributed by atoms with Gasteiger partial charge in [-0.1, -0.05) is 13.8 Å². The number of hydrogen-bond acceptors (Lipinski definition) is 5. The first-order chi connectivity index (χ1) is 9.23. The molecule has 0 saturated carbocycles. The zero-order chi connectivity index (χ0) is 13.7. The Morgan fingerprint density at radius 1 is 1.26 bits per heavy atom. The molecule has 0 unspecified atom stereocenters. The van der Waals surface area contributed by atoms with Gasteiger partial charge in [0.15, 0.2) is 5.13 Å². The second-order valence-electron chi connectivity index (χ2n) is 5.44. The van der Waals surface area contributed by atoms with Crippen molar-refractivity contribution < 1.29 is 0 Å². The van der Waals surface area contributed by atoms with E-state index in [4.69, 9.17) is 0 Å². The van der Waals surface area contributed by atoms with Crippen molar-refractivity contribution in [2.45, 2.75) is 26.7 Å². The van der Waals surface area contributed by atoms with E-state index < -0.39 is 0 Å². The van der Waals surface area contributed by atoms with Gasteiger partial charge in [0, 0.05) is 44.3 Å². The van der Waals surface area contributed by atoms with E-state index in [1.54, 1.807) is 11.3 Å². The molecule has 1 aliphatic rings. The molecule has 1 aromatic heterocycles. The molecular weight excluding hydrogens is 274 g/mol. The highest BCUT2D eigenvalue weighted by atomic mass is 32.1. The third-order valence-corrected chi connectivity index (χ3v) is 5.96. The van der Waals surface area contributed by atoms with Gasteiger partial charge in [0.2, 0.25) is 0 Å². The Kier molecular flexibility index (Phi) is 5.54. The van der Waals surface area contributed by atoms with Crippen LogP contribution in [0.1, 0.15) is 26.7 Å². The Balaban J connectivity index is 1.86. The fourth-order valence-electron chi connectivity index (χ4n) is 2.69. The second-order valence-corrected chi connectivity index (χ2v) is 6.63. The van der Waals surface area contributed by atoms with Gasteiger partial charge in [-0.3, -0.25) is 4.90 Å². The second kappa shape index (κ2) is 6.95. The van der Waals surface area contributed by atoms with Crippen molar-refractivity contribution in [2.24, 2.45) is 5.41 Å². The SMILES string of the molecule is CCC(CC)(CS)CN1CCN(c2nccs2)CC1. The van der Waals surface area contributed by atoms with Crippen molar-refractivity contribution in [2.75, 3.05) is 43.4 Å². The number of rotatable bonds is 6. The molecule has 108 valence electrons. The van der Waals surface area contributed by atoms with Gasteiger partial charge in [0.25, 0.3) is 0 Å². The first kappa shape index (κ1) is 15.1.